The van der Waals surface area contributed by atoms with Gasteiger partial charge in [0.05, 0.1) is 33.5 Å². The number of rotatable bonds is 7. The molecule has 0 saturated heterocycles. The topological polar surface area (TPSA) is 100 Å². The van der Waals surface area contributed by atoms with E-state index >= 15 is 0 Å². The molecule has 0 aliphatic carbocycles. The van der Waals surface area contributed by atoms with Gasteiger partial charge in [-0.15, -0.1) is 16.9 Å². The van der Waals surface area contributed by atoms with Gasteiger partial charge in [0, 0.05) is 51.6 Å². The van der Waals surface area contributed by atoms with Crippen molar-refractivity contribution in [2.24, 2.45) is 0 Å². The molecular weight excluding hydrogens is 575 g/mol. The Balaban J connectivity index is 1.44. The van der Waals surface area contributed by atoms with E-state index in [4.69, 9.17) is 23.2 Å². The van der Waals surface area contributed by atoms with Crippen LogP contribution in [0.1, 0.15) is 47.0 Å². The molecule has 2 aromatic heterocycles. The van der Waals surface area contributed by atoms with E-state index in [9.17, 15) is 5.26 Å². The number of hydrazine groups is 2. The minimum atomic E-state index is -0.155. The van der Waals surface area contributed by atoms with Crippen LogP contribution in [0.25, 0.3) is 10.9 Å². The number of nitriles is 1. The SMILES string of the molecule is Cc1ccc(Nc2c(C#N)cnc3c(Cl)cc(N[C@H](C4=CN(C(C)C)NN4)c4csc5c4CCNC5)cc23)cc1Cl. The van der Waals surface area contributed by atoms with Crippen LogP contribution in [-0.2, 0) is 13.0 Å². The van der Waals surface area contributed by atoms with Gasteiger partial charge in [-0.25, -0.2) is 0 Å². The summed E-state index contributed by atoms with van der Waals surface area (Å²) in [7, 11) is 0. The molecule has 5 N–H and O–H groups in total. The first kappa shape index (κ1) is 27.6. The minimum Gasteiger partial charge on any atom is -0.373 e. The number of anilines is 3. The van der Waals surface area contributed by atoms with Crippen molar-refractivity contribution >= 4 is 62.5 Å². The molecular formula is C30H30Cl2N8S. The highest BCUT2D eigenvalue weighted by Gasteiger charge is 2.28. The van der Waals surface area contributed by atoms with Gasteiger partial charge in [0.1, 0.15) is 6.07 Å². The van der Waals surface area contributed by atoms with Gasteiger partial charge >= 0.3 is 0 Å². The third kappa shape index (κ3) is 5.42. The fourth-order valence-electron chi connectivity index (χ4n) is 5.16. The van der Waals surface area contributed by atoms with Crippen molar-refractivity contribution in [2.75, 3.05) is 17.2 Å². The summed E-state index contributed by atoms with van der Waals surface area (Å²) in [5.41, 5.74) is 14.5. The number of aryl methyl sites for hydroxylation is 1. The molecule has 0 radical (unpaired) electrons. The molecule has 210 valence electrons. The quantitative estimate of drug-likeness (QED) is 0.155. The number of nitrogens with one attached hydrogen (secondary N) is 5. The highest BCUT2D eigenvalue weighted by atomic mass is 35.5. The average Bonchev–Trinajstić information content (AvgIpc) is 3.62. The summed E-state index contributed by atoms with van der Waals surface area (Å²) in [6.07, 6.45) is 4.63. The molecule has 0 saturated carbocycles. The van der Waals surface area contributed by atoms with E-state index in [1.165, 1.54) is 16.0 Å². The number of benzene rings is 2. The third-order valence-corrected chi connectivity index (χ3v) is 9.18. The Labute approximate surface area is 253 Å². The van der Waals surface area contributed by atoms with E-state index in [2.05, 4.69) is 68.4 Å². The van der Waals surface area contributed by atoms with E-state index in [1.54, 1.807) is 17.5 Å². The summed E-state index contributed by atoms with van der Waals surface area (Å²) < 4.78 is 0. The van der Waals surface area contributed by atoms with Crippen LogP contribution in [0.3, 0.4) is 0 Å². The third-order valence-electron chi connectivity index (χ3n) is 7.43. The van der Waals surface area contributed by atoms with Crippen LogP contribution >= 0.6 is 34.5 Å². The second-order valence-electron chi connectivity index (χ2n) is 10.5. The molecule has 41 heavy (non-hydrogen) atoms. The van der Waals surface area contributed by atoms with Crippen molar-refractivity contribution in [3.05, 3.63) is 91.0 Å². The minimum absolute atomic E-state index is 0.155. The zero-order valence-corrected chi connectivity index (χ0v) is 25.2. The fourth-order valence-corrected chi connectivity index (χ4v) is 6.71. The lowest BCUT2D eigenvalue weighted by atomic mass is 9.97. The summed E-state index contributed by atoms with van der Waals surface area (Å²) in [5, 5.41) is 26.8. The van der Waals surface area contributed by atoms with Crippen LogP contribution in [0.2, 0.25) is 10.0 Å². The van der Waals surface area contributed by atoms with Gasteiger partial charge in [0.2, 0.25) is 0 Å². The van der Waals surface area contributed by atoms with E-state index in [1.807, 2.05) is 37.3 Å². The van der Waals surface area contributed by atoms with E-state index < -0.39 is 0 Å². The predicted octanol–water partition coefficient (Wildman–Crippen LogP) is 6.90. The van der Waals surface area contributed by atoms with Crippen LogP contribution in [0.5, 0.6) is 0 Å². The first-order chi connectivity index (χ1) is 19.8. The maximum atomic E-state index is 9.95. The van der Waals surface area contributed by atoms with Gasteiger partial charge in [-0.3, -0.25) is 9.99 Å². The summed E-state index contributed by atoms with van der Waals surface area (Å²) in [6, 6.07) is 12.0. The summed E-state index contributed by atoms with van der Waals surface area (Å²) in [6.45, 7) is 8.06. The second-order valence-corrected chi connectivity index (χ2v) is 12.3. The van der Waals surface area contributed by atoms with Gasteiger partial charge in [0.25, 0.3) is 0 Å². The van der Waals surface area contributed by atoms with Gasteiger partial charge in [0.15, 0.2) is 0 Å². The van der Waals surface area contributed by atoms with Crippen molar-refractivity contribution < 1.29 is 0 Å². The van der Waals surface area contributed by atoms with Gasteiger partial charge in [-0.05, 0) is 80.1 Å². The van der Waals surface area contributed by atoms with Crippen LogP contribution < -0.4 is 26.9 Å². The van der Waals surface area contributed by atoms with Crippen LogP contribution in [-0.4, -0.2) is 22.6 Å². The van der Waals surface area contributed by atoms with Gasteiger partial charge in [-0.1, -0.05) is 29.3 Å². The van der Waals surface area contributed by atoms with Crippen LogP contribution in [0.15, 0.2) is 53.8 Å². The highest BCUT2D eigenvalue weighted by Crippen LogP contribution is 2.39. The maximum Gasteiger partial charge on any atom is 0.103 e. The first-order valence-electron chi connectivity index (χ1n) is 13.5. The molecule has 11 heteroatoms. The number of fused-ring (bicyclic) bond motifs is 2. The first-order valence-corrected chi connectivity index (χ1v) is 15.1. The zero-order valence-electron chi connectivity index (χ0n) is 22.9. The average molecular weight is 606 g/mol. The van der Waals surface area contributed by atoms with Crippen molar-refractivity contribution in [3.63, 3.8) is 0 Å². The molecule has 0 spiro atoms. The van der Waals surface area contributed by atoms with E-state index in [-0.39, 0.29) is 12.1 Å². The monoisotopic (exact) mass is 604 g/mol. The molecule has 0 fully saturated rings. The fraction of sp³-hybridized carbons (Fsp3) is 0.267. The molecule has 0 unspecified atom stereocenters. The summed E-state index contributed by atoms with van der Waals surface area (Å²) >= 11 is 15.0. The van der Waals surface area contributed by atoms with Crippen LogP contribution in [0.4, 0.5) is 17.1 Å². The number of pyridine rings is 1. The van der Waals surface area contributed by atoms with Crippen molar-refractivity contribution in [1.29, 1.82) is 5.26 Å². The molecule has 1 atom stereocenters. The Morgan fingerprint density at radius 2 is 1.98 bits per heavy atom. The lowest BCUT2D eigenvalue weighted by Gasteiger charge is -2.24. The van der Waals surface area contributed by atoms with Crippen molar-refractivity contribution in [3.8, 4) is 6.07 Å². The molecule has 2 aromatic carbocycles. The Bertz CT molecular complexity index is 1710. The number of hydrogen-bond donors (Lipinski definition) is 5. The zero-order chi connectivity index (χ0) is 28.7. The lowest BCUT2D eigenvalue weighted by molar-refractivity contribution is 0.221. The molecule has 0 bridgehead atoms. The molecule has 4 heterocycles. The van der Waals surface area contributed by atoms with Crippen molar-refractivity contribution in [2.45, 2.75) is 45.8 Å². The number of thiophene rings is 1. The molecule has 6 rings (SSSR count). The van der Waals surface area contributed by atoms with E-state index in [0.29, 0.717) is 26.8 Å². The van der Waals surface area contributed by atoms with Crippen LogP contribution in [0, 0.1) is 18.3 Å². The largest absolute Gasteiger partial charge is 0.373 e. The Morgan fingerprint density at radius 1 is 1.15 bits per heavy atom. The van der Waals surface area contributed by atoms with Gasteiger partial charge < -0.3 is 21.4 Å². The normalized spacial score (nSPS) is 15.3. The van der Waals surface area contributed by atoms with E-state index in [0.717, 1.165) is 47.5 Å². The highest BCUT2D eigenvalue weighted by molar-refractivity contribution is 7.10. The molecule has 2 aliphatic rings. The molecule has 0 amide bonds. The Morgan fingerprint density at radius 3 is 2.73 bits per heavy atom. The smallest absolute Gasteiger partial charge is 0.103 e. The molecule has 2 aliphatic heterocycles. The summed E-state index contributed by atoms with van der Waals surface area (Å²) in [5.74, 6) is 0. The molecule has 8 nitrogen and oxygen atoms in total. The summed E-state index contributed by atoms with van der Waals surface area (Å²) in [4.78, 5) is 5.89. The standard InChI is InChI=1S/C30H30Cl2N8S/c1-16(2)40-14-26(38-39-40)30(23-15-41-27-13-34-7-6-21(23)27)37-20-8-22-28(36-19-5-4-17(3)24(31)9-19)18(11-33)12-35-29(22)25(32)10-20/h4-5,8-10,12,14-16,30,34,37-39H,6-7,13H2,1-3H3,(H,35,36)/t30-/m0/s1. The van der Waals surface area contributed by atoms with Gasteiger partial charge in [-0.2, -0.15) is 5.26 Å². The van der Waals surface area contributed by atoms with Crippen molar-refractivity contribution in [1.82, 2.24) is 26.3 Å². The Hall–Kier alpha value is -3.52. The maximum absolute atomic E-state index is 9.95. The number of halogens is 2. The number of nitrogens with zero attached hydrogens (tertiary/aromatic N) is 3. The number of hydrogen-bond acceptors (Lipinski definition) is 9. The predicted molar refractivity (Wildman–Crippen MR) is 168 cm³/mol. The molecule has 4 aromatic rings. The lowest BCUT2D eigenvalue weighted by Crippen LogP contribution is -2.41. The number of aromatic nitrogens is 1. The Kier molecular flexibility index (Phi) is 7.68. The second kappa shape index (κ2) is 11.4.